The van der Waals surface area contributed by atoms with E-state index in [1.54, 1.807) is 6.07 Å². The molecule has 0 radical (unpaired) electrons. The molecule has 2 aliphatic rings. The molecule has 1 aliphatic heterocycles. The SMILES string of the molecule is CC(O)[C@H]1CC[C@H](CN2Cc3cc(F)c(OCc4ccccc4)cc3C2=O)CC1. The summed E-state index contributed by atoms with van der Waals surface area (Å²) in [5.74, 6) is 0.479. The second kappa shape index (κ2) is 8.54. The van der Waals surface area contributed by atoms with Gasteiger partial charge in [-0.3, -0.25) is 4.79 Å². The molecule has 0 aromatic heterocycles. The highest BCUT2D eigenvalue weighted by molar-refractivity contribution is 5.98. The number of hydrogen-bond donors (Lipinski definition) is 1. The molecule has 1 N–H and O–H groups in total. The predicted octanol–water partition coefficient (Wildman–Crippen LogP) is 4.55. The van der Waals surface area contributed by atoms with Crippen LogP contribution in [0.3, 0.4) is 0 Å². The maximum atomic E-state index is 14.5. The fourth-order valence-electron chi connectivity index (χ4n) is 4.53. The Morgan fingerprint density at radius 2 is 1.90 bits per heavy atom. The first kappa shape index (κ1) is 19.9. The van der Waals surface area contributed by atoms with E-state index in [1.807, 2.05) is 42.2 Å². The quantitative estimate of drug-likeness (QED) is 0.778. The zero-order chi connectivity index (χ0) is 20.4. The van der Waals surface area contributed by atoms with Gasteiger partial charge in [0.15, 0.2) is 11.6 Å². The Bertz CT molecular complexity index is 860. The number of aliphatic hydroxyl groups excluding tert-OH is 1. The van der Waals surface area contributed by atoms with Gasteiger partial charge in [0.2, 0.25) is 0 Å². The van der Waals surface area contributed by atoms with Crippen molar-refractivity contribution in [2.75, 3.05) is 6.54 Å². The number of nitrogens with zero attached hydrogens (tertiary/aromatic N) is 1. The van der Waals surface area contributed by atoms with E-state index < -0.39 is 5.82 Å². The van der Waals surface area contributed by atoms with Gasteiger partial charge in [-0.2, -0.15) is 0 Å². The van der Waals surface area contributed by atoms with Gasteiger partial charge in [-0.1, -0.05) is 30.3 Å². The van der Waals surface area contributed by atoms with Crippen molar-refractivity contribution in [3.05, 3.63) is 65.0 Å². The first-order valence-electron chi connectivity index (χ1n) is 10.5. The molecule has 0 spiro atoms. The summed E-state index contributed by atoms with van der Waals surface area (Å²) >= 11 is 0. The first-order chi connectivity index (χ1) is 14.0. The second-order valence-corrected chi connectivity index (χ2v) is 8.42. The van der Waals surface area contributed by atoms with E-state index in [4.69, 9.17) is 4.74 Å². The number of ether oxygens (including phenoxy) is 1. The van der Waals surface area contributed by atoms with Crippen LogP contribution in [0, 0.1) is 17.7 Å². The van der Waals surface area contributed by atoms with Crippen LogP contribution in [0.1, 0.15) is 54.1 Å². The van der Waals surface area contributed by atoms with Crippen LogP contribution >= 0.6 is 0 Å². The van der Waals surface area contributed by atoms with Crippen LogP contribution in [0.4, 0.5) is 4.39 Å². The van der Waals surface area contributed by atoms with Crippen molar-refractivity contribution in [3.63, 3.8) is 0 Å². The minimum absolute atomic E-state index is 0.0396. The summed E-state index contributed by atoms with van der Waals surface area (Å²) < 4.78 is 20.1. The summed E-state index contributed by atoms with van der Waals surface area (Å²) in [7, 11) is 0. The molecular formula is C24H28FNO3. The van der Waals surface area contributed by atoms with Crippen LogP contribution in [-0.4, -0.2) is 28.6 Å². The van der Waals surface area contributed by atoms with Crippen molar-refractivity contribution in [2.24, 2.45) is 11.8 Å². The molecule has 5 heteroatoms. The van der Waals surface area contributed by atoms with E-state index in [0.29, 0.717) is 30.5 Å². The smallest absolute Gasteiger partial charge is 0.254 e. The minimum atomic E-state index is -0.424. The van der Waals surface area contributed by atoms with E-state index in [1.165, 1.54) is 6.07 Å². The molecule has 1 heterocycles. The van der Waals surface area contributed by atoms with Gasteiger partial charge in [0, 0.05) is 18.7 Å². The van der Waals surface area contributed by atoms with Gasteiger partial charge in [0.05, 0.1) is 6.10 Å². The van der Waals surface area contributed by atoms with Gasteiger partial charge in [-0.15, -0.1) is 0 Å². The lowest BCUT2D eigenvalue weighted by molar-refractivity contribution is 0.0647. The van der Waals surface area contributed by atoms with Crippen LogP contribution in [0.5, 0.6) is 5.75 Å². The van der Waals surface area contributed by atoms with Crippen molar-refractivity contribution in [2.45, 2.75) is 51.9 Å². The average Bonchev–Trinajstić information content (AvgIpc) is 3.01. The Morgan fingerprint density at radius 1 is 1.17 bits per heavy atom. The topological polar surface area (TPSA) is 49.8 Å². The summed E-state index contributed by atoms with van der Waals surface area (Å²) in [5.41, 5.74) is 2.23. The third-order valence-corrected chi connectivity index (χ3v) is 6.33. The van der Waals surface area contributed by atoms with Gasteiger partial charge in [0.25, 0.3) is 5.91 Å². The molecule has 1 fully saturated rings. The standard InChI is InChI=1S/C24H28FNO3/c1-16(27)19-9-7-17(8-10-19)13-26-14-20-11-22(25)23(12-21(20)24(26)28)29-15-18-5-3-2-4-6-18/h2-6,11-12,16-17,19,27H,7-10,13-15H2,1H3/t16?,17-,19-. The van der Waals surface area contributed by atoms with Crippen molar-refractivity contribution in [3.8, 4) is 5.75 Å². The van der Waals surface area contributed by atoms with E-state index in [9.17, 15) is 14.3 Å². The zero-order valence-corrected chi connectivity index (χ0v) is 16.8. The molecule has 154 valence electrons. The number of hydrogen-bond acceptors (Lipinski definition) is 3. The molecule has 1 saturated carbocycles. The van der Waals surface area contributed by atoms with E-state index in [-0.39, 0.29) is 24.4 Å². The average molecular weight is 397 g/mol. The monoisotopic (exact) mass is 397 g/mol. The van der Waals surface area contributed by atoms with Crippen LogP contribution in [-0.2, 0) is 13.2 Å². The molecule has 0 saturated heterocycles. The molecule has 4 rings (SSSR count). The highest BCUT2D eigenvalue weighted by Gasteiger charge is 2.32. The number of carbonyl (C=O) groups is 1. The summed E-state index contributed by atoms with van der Waals surface area (Å²) in [5, 5.41) is 9.76. The van der Waals surface area contributed by atoms with Crippen LogP contribution in [0.25, 0.3) is 0 Å². The third kappa shape index (κ3) is 4.45. The van der Waals surface area contributed by atoms with Crippen molar-refractivity contribution >= 4 is 5.91 Å². The highest BCUT2D eigenvalue weighted by Crippen LogP contribution is 2.34. The van der Waals surface area contributed by atoms with Crippen molar-refractivity contribution < 1.29 is 19.0 Å². The fraction of sp³-hybridized carbons (Fsp3) is 0.458. The van der Waals surface area contributed by atoms with Gasteiger partial charge in [-0.25, -0.2) is 4.39 Å². The first-order valence-corrected chi connectivity index (χ1v) is 10.5. The predicted molar refractivity (Wildman–Crippen MR) is 109 cm³/mol. The van der Waals surface area contributed by atoms with Gasteiger partial charge in [0.1, 0.15) is 6.61 Å². The number of amides is 1. The Morgan fingerprint density at radius 3 is 2.59 bits per heavy atom. The molecule has 2 aromatic carbocycles. The van der Waals surface area contributed by atoms with Crippen LogP contribution in [0.15, 0.2) is 42.5 Å². The van der Waals surface area contributed by atoms with E-state index >= 15 is 0 Å². The molecule has 1 atom stereocenters. The lowest BCUT2D eigenvalue weighted by Gasteiger charge is -2.32. The van der Waals surface area contributed by atoms with Crippen LogP contribution in [0.2, 0.25) is 0 Å². The Balaban J connectivity index is 1.39. The minimum Gasteiger partial charge on any atom is -0.486 e. The summed E-state index contributed by atoms with van der Waals surface area (Å²) in [6, 6.07) is 12.6. The molecule has 2 aromatic rings. The van der Waals surface area contributed by atoms with Gasteiger partial charge in [-0.05, 0) is 67.7 Å². The lowest BCUT2D eigenvalue weighted by Crippen LogP contribution is -2.33. The number of aliphatic hydroxyl groups is 1. The molecule has 29 heavy (non-hydrogen) atoms. The Labute approximate surface area is 171 Å². The summed E-state index contributed by atoms with van der Waals surface area (Å²) in [6.45, 7) is 3.28. The van der Waals surface area contributed by atoms with Crippen molar-refractivity contribution in [1.82, 2.24) is 4.90 Å². The maximum absolute atomic E-state index is 14.5. The molecule has 4 nitrogen and oxygen atoms in total. The second-order valence-electron chi connectivity index (χ2n) is 8.42. The molecule has 1 unspecified atom stereocenters. The molecule has 1 amide bonds. The Kier molecular flexibility index (Phi) is 5.86. The molecular weight excluding hydrogens is 369 g/mol. The van der Waals surface area contributed by atoms with Crippen molar-refractivity contribution in [1.29, 1.82) is 0 Å². The Hall–Kier alpha value is -2.40. The summed E-state index contributed by atoms with van der Waals surface area (Å²) in [6.07, 6.45) is 3.79. The largest absolute Gasteiger partial charge is 0.486 e. The van der Waals surface area contributed by atoms with Gasteiger partial charge >= 0.3 is 0 Å². The molecule has 1 aliphatic carbocycles. The number of rotatable bonds is 6. The lowest BCUT2D eigenvalue weighted by atomic mass is 9.79. The van der Waals surface area contributed by atoms with Crippen LogP contribution < -0.4 is 4.74 Å². The number of benzene rings is 2. The third-order valence-electron chi connectivity index (χ3n) is 6.33. The van der Waals surface area contributed by atoms with Gasteiger partial charge < -0.3 is 14.7 Å². The highest BCUT2D eigenvalue weighted by atomic mass is 19.1. The summed E-state index contributed by atoms with van der Waals surface area (Å²) in [4.78, 5) is 14.7. The number of carbonyl (C=O) groups excluding carboxylic acids is 1. The fourth-order valence-corrected chi connectivity index (χ4v) is 4.53. The maximum Gasteiger partial charge on any atom is 0.254 e. The number of halogens is 1. The van der Waals surface area contributed by atoms with E-state index in [0.717, 1.165) is 36.8 Å². The van der Waals surface area contributed by atoms with E-state index in [2.05, 4.69) is 0 Å². The normalized spacial score (nSPS) is 22.4. The zero-order valence-electron chi connectivity index (χ0n) is 16.8. The molecule has 0 bridgehead atoms. The number of fused-ring (bicyclic) bond motifs is 1.